The molecule has 28 heavy (non-hydrogen) atoms. The van der Waals surface area contributed by atoms with Crippen LogP contribution in [0.15, 0.2) is 72.9 Å². The molecule has 6 heteroatoms. The summed E-state index contributed by atoms with van der Waals surface area (Å²) in [6.07, 6.45) is 1.84. The van der Waals surface area contributed by atoms with E-state index in [2.05, 4.69) is 10.3 Å². The highest BCUT2D eigenvalue weighted by atomic mass is 35.5. The topological polar surface area (TPSA) is 59.8 Å². The van der Waals surface area contributed by atoms with Crippen molar-refractivity contribution >= 4 is 28.5 Å². The van der Waals surface area contributed by atoms with E-state index in [9.17, 15) is 4.79 Å². The van der Waals surface area contributed by atoms with Gasteiger partial charge in [-0.2, -0.15) is 0 Å². The van der Waals surface area contributed by atoms with E-state index in [-0.39, 0.29) is 18.4 Å². The van der Waals surface area contributed by atoms with Gasteiger partial charge in [0, 0.05) is 13.2 Å². The van der Waals surface area contributed by atoms with Crippen molar-refractivity contribution in [2.24, 2.45) is 7.05 Å². The molecule has 2 heterocycles. The zero-order valence-electron chi connectivity index (χ0n) is 15.3. The maximum absolute atomic E-state index is 12.8. The van der Waals surface area contributed by atoms with Crippen LogP contribution >= 0.6 is 11.6 Å². The molecule has 0 fully saturated rings. The number of imidazole rings is 1. The third-order valence-corrected chi connectivity index (χ3v) is 4.90. The SMILES string of the molecule is Cn1c(C(NC(=O)Cc2ccc(Cl)nc2)c2ccccc2)nc2ccccc21. The summed E-state index contributed by atoms with van der Waals surface area (Å²) in [6.45, 7) is 0. The number of fused-ring (bicyclic) bond motifs is 1. The summed E-state index contributed by atoms with van der Waals surface area (Å²) in [4.78, 5) is 21.6. The Morgan fingerprint density at radius 1 is 1.07 bits per heavy atom. The summed E-state index contributed by atoms with van der Waals surface area (Å²) in [6, 6.07) is 20.9. The van der Waals surface area contributed by atoms with Gasteiger partial charge >= 0.3 is 0 Å². The third-order valence-electron chi connectivity index (χ3n) is 4.67. The Hall–Kier alpha value is -3.18. The number of carbonyl (C=O) groups is 1. The summed E-state index contributed by atoms with van der Waals surface area (Å²) in [7, 11) is 1.97. The van der Waals surface area contributed by atoms with Crippen molar-refractivity contribution in [1.82, 2.24) is 19.9 Å². The number of rotatable bonds is 5. The number of hydrogen-bond donors (Lipinski definition) is 1. The number of para-hydroxylation sites is 2. The Labute approximate surface area is 168 Å². The Morgan fingerprint density at radius 3 is 2.54 bits per heavy atom. The van der Waals surface area contributed by atoms with Crippen LogP contribution in [0.3, 0.4) is 0 Å². The lowest BCUT2D eigenvalue weighted by atomic mass is 10.1. The molecule has 0 aliphatic heterocycles. The number of nitrogens with zero attached hydrogens (tertiary/aromatic N) is 3. The zero-order chi connectivity index (χ0) is 19.5. The second kappa shape index (κ2) is 7.82. The maximum atomic E-state index is 12.8. The first-order valence-electron chi connectivity index (χ1n) is 8.98. The summed E-state index contributed by atoms with van der Waals surface area (Å²) < 4.78 is 2.02. The van der Waals surface area contributed by atoms with Crippen LogP contribution in [0.25, 0.3) is 11.0 Å². The molecule has 2 aromatic heterocycles. The summed E-state index contributed by atoms with van der Waals surface area (Å²) in [5, 5.41) is 3.54. The molecule has 4 rings (SSSR count). The molecule has 1 amide bonds. The highest BCUT2D eigenvalue weighted by Crippen LogP contribution is 2.25. The number of pyridine rings is 1. The van der Waals surface area contributed by atoms with Crippen molar-refractivity contribution in [2.45, 2.75) is 12.5 Å². The summed E-state index contributed by atoms with van der Waals surface area (Å²) >= 11 is 5.83. The Kier molecular flexibility index (Phi) is 5.08. The van der Waals surface area contributed by atoms with Crippen molar-refractivity contribution in [3.63, 3.8) is 0 Å². The van der Waals surface area contributed by atoms with Gasteiger partial charge in [-0.15, -0.1) is 0 Å². The number of amides is 1. The van der Waals surface area contributed by atoms with E-state index in [4.69, 9.17) is 16.6 Å². The first-order valence-corrected chi connectivity index (χ1v) is 9.36. The first-order chi connectivity index (χ1) is 13.6. The van der Waals surface area contributed by atoms with E-state index in [0.717, 1.165) is 28.0 Å². The van der Waals surface area contributed by atoms with Crippen molar-refractivity contribution in [3.8, 4) is 0 Å². The van der Waals surface area contributed by atoms with Crippen molar-refractivity contribution in [3.05, 3.63) is 95.0 Å². The molecule has 0 saturated heterocycles. The highest BCUT2D eigenvalue weighted by Gasteiger charge is 2.22. The first kappa shape index (κ1) is 18.2. The Bertz CT molecular complexity index is 1110. The minimum absolute atomic E-state index is 0.106. The molecular weight excluding hydrogens is 372 g/mol. The van der Waals surface area contributed by atoms with Gasteiger partial charge in [0.25, 0.3) is 0 Å². The summed E-state index contributed by atoms with van der Waals surface area (Å²) in [5.74, 6) is 0.681. The van der Waals surface area contributed by atoms with Gasteiger partial charge in [0.05, 0.1) is 17.5 Å². The minimum Gasteiger partial charge on any atom is -0.342 e. The molecule has 0 spiro atoms. The lowest BCUT2D eigenvalue weighted by Gasteiger charge is -2.19. The lowest BCUT2D eigenvalue weighted by molar-refractivity contribution is -0.121. The normalized spacial score (nSPS) is 12.1. The van der Waals surface area contributed by atoms with E-state index in [1.54, 1.807) is 12.3 Å². The predicted octanol–water partition coefficient (Wildman–Crippen LogP) is 4.07. The maximum Gasteiger partial charge on any atom is 0.225 e. The number of halogens is 1. The molecule has 4 aromatic rings. The van der Waals surface area contributed by atoms with Crippen LogP contribution in [0.5, 0.6) is 0 Å². The van der Waals surface area contributed by atoms with E-state index in [1.165, 1.54) is 0 Å². The van der Waals surface area contributed by atoms with Gasteiger partial charge in [-0.25, -0.2) is 9.97 Å². The van der Waals surface area contributed by atoms with Gasteiger partial charge < -0.3 is 9.88 Å². The van der Waals surface area contributed by atoms with E-state index in [1.807, 2.05) is 72.3 Å². The molecule has 0 bridgehead atoms. The monoisotopic (exact) mass is 390 g/mol. The second-order valence-electron chi connectivity index (χ2n) is 6.59. The average molecular weight is 391 g/mol. The molecule has 1 atom stereocenters. The minimum atomic E-state index is -0.355. The number of aromatic nitrogens is 3. The summed E-state index contributed by atoms with van der Waals surface area (Å²) in [5.41, 5.74) is 3.70. The Balaban J connectivity index is 1.67. The van der Waals surface area contributed by atoms with Crippen molar-refractivity contribution in [2.75, 3.05) is 0 Å². The largest absolute Gasteiger partial charge is 0.342 e. The predicted molar refractivity (Wildman–Crippen MR) is 110 cm³/mol. The molecule has 140 valence electrons. The quantitative estimate of drug-likeness (QED) is 0.522. The van der Waals surface area contributed by atoms with Crippen molar-refractivity contribution < 1.29 is 4.79 Å². The third kappa shape index (κ3) is 3.75. The van der Waals surface area contributed by atoms with Gasteiger partial charge in [0.2, 0.25) is 5.91 Å². The number of hydrogen-bond acceptors (Lipinski definition) is 3. The van der Waals surface area contributed by atoms with Crippen LogP contribution < -0.4 is 5.32 Å². The lowest BCUT2D eigenvalue weighted by Crippen LogP contribution is -2.32. The van der Waals surface area contributed by atoms with Gasteiger partial charge in [0.15, 0.2) is 0 Å². The number of nitrogens with one attached hydrogen (secondary N) is 1. The van der Waals surface area contributed by atoms with Crippen molar-refractivity contribution in [1.29, 1.82) is 0 Å². The smallest absolute Gasteiger partial charge is 0.225 e. The number of carbonyl (C=O) groups excluding carboxylic acids is 1. The van der Waals surface area contributed by atoms with Crippen LogP contribution in [0.2, 0.25) is 5.15 Å². The van der Waals surface area contributed by atoms with Gasteiger partial charge in [-0.3, -0.25) is 4.79 Å². The second-order valence-corrected chi connectivity index (χ2v) is 6.98. The molecule has 1 unspecified atom stereocenters. The standard InChI is InChI=1S/C22H19ClN4O/c1-27-18-10-6-5-9-17(18)25-22(27)21(16-7-3-2-4-8-16)26-20(28)13-15-11-12-19(23)24-14-15/h2-12,14,21H,13H2,1H3,(H,26,28). The van der Waals surface area contributed by atoms with Crippen LogP contribution in [-0.2, 0) is 18.3 Å². The average Bonchev–Trinajstić information content (AvgIpc) is 3.05. The fourth-order valence-electron chi connectivity index (χ4n) is 3.27. The molecule has 5 nitrogen and oxygen atoms in total. The highest BCUT2D eigenvalue weighted by molar-refractivity contribution is 6.29. The van der Waals surface area contributed by atoms with E-state index >= 15 is 0 Å². The fourth-order valence-corrected chi connectivity index (χ4v) is 3.39. The zero-order valence-corrected chi connectivity index (χ0v) is 16.1. The molecule has 0 saturated carbocycles. The molecule has 0 aliphatic rings. The number of benzene rings is 2. The van der Waals surface area contributed by atoms with E-state index < -0.39 is 0 Å². The van der Waals surface area contributed by atoms with Gasteiger partial charge in [-0.05, 0) is 29.3 Å². The molecule has 2 aromatic carbocycles. The molecule has 1 N–H and O–H groups in total. The van der Waals surface area contributed by atoms with Crippen LogP contribution in [-0.4, -0.2) is 20.4 Å². The van der Waals surface area contributed by atoms with Crippen LogP contribution in [0.4, 0.5) is 0 Å². The van der Waals surface area contributed by atoms with E-state index in [0.29, 0.717) is 5.15 Å². The number of aryl methyl sites for hydroxylation is 1. The van der Waals surface area contributed by atoms with Gasteiger partial charge in [-0.1, -0.05) is 60.1 Å². The molecular formula is C22H19ClN4O. The Morgan fingerprint density at radius 2 is 1.82 bits per heavy atom. The van der Waals surface area contributed by atoms with Crippen LogP contribution in [0.1, 0.15) is 23.0 Å². The fraction of sp³-hybridized carbons (Fsp3) is 0.136. The van der Waals surface area contributed by atoms with Crippen LogP contribution in [0, 0.1) is 0 Å². The van der Waals surface area contributed by atoms with Gasteiger partial charge in [0.1, 0.15) is 17.0 Å². The molecule has 0 aliphatic carbocycles. The molecule has 0 radical (unpaired) electrons.